The van der Waals surface area contributed by atoms with Crippen molar-refractivity contribution in [1.29, 1.82) is 0 Å². The first kappa shape index (κ1) is 15.8. The van der Waals surface area contributed by atoms with Gasteiger partial charge in [-0.15, -0.1) is 0 Å². The number of hydrogen-bond acceptors (Lipinski definition) is 4. The van der Waals surface area contributed by atoms with Gasteiger partial charge in [-0.3, -0.25) is 4.90 Å². The van der Waals surface area contributed by atoms with Crippen LogP contribution in [0.5, 0.6) is 0 Å². The summed E-state index contributed by atoms with van der Waals surface area (Å²) in [5.74, 6) is 0. The van der Waals surface area contributed by atoms with Gasteiger partial charge in [0.15, 0.2) is 0 Å². The quantitative estimate of drug-likeness (QED) is 0.876. The summed E-state index contributed by atoms with van der Waals surface area (Å²) in [6.07, 6.45) is -0.867. The molecule has 0 radical (unpaired) electrons. The highest BCUT2D eigenvalue weighted by atomic mass is 16.6. The molecule has 21 heavy (non-hydrogen) atoms. The summed E-state index contributed by atoms with van der Waals surface area (Å²) in [5, 5.41) is 19.6. The maximum Gasteiger partial charge on any atom is 0.411 e. The maximum absolute atomic E-state index is 12.4. The van der Waals surface area contributed by atoms with E-state index in [0.29, 0.717) is 6.42 Å². The van der Waals surface area contributed by atoms with Crippen LogP contribution in [0.25, 0.3) is 0 Å². The van der Waals surface area contributed by atoms with Gasteiger partial charge in [-0.25, -0.2) is 4.79 Å². The van der Waals surface area contributed by atoms with Crippen LogP contribution in [0.1, 0.15) is 38.8 Å². The van der Waals surface area contributed by atoms with Crippen molar-refractivity contribution in [3.63, 3.8) is 0 Å². The van der Waals surface area contributed by atoms with Gasteiger partial charge in [0.05, 0.1) is 24.8 Å². The summed E-state index contributed by atoms with van der Waals surface area (Å²) in [6, 6.07) is 8.58. The second-order valence-corrected chi connectivity index (χ2v) is 6.37. The minimum Gasteiger partial charge on any atom is -0.444 e. The zero-order valence-electron chi connectivity index (χ0n) is 12.7. The maximum atomic E-state index is 12.4. The number of ether oxygens (including phenoxy) is 1. The fraction of sp³-hybridized carbons (Fsp3) is 0.562. The zero-order valence-corrected chi connectivity index (χ0v) is 12.7. The van der Waals surface area contributed by atoms with Crippen LogP contribution in [0.3, 0.4) is 0 Å². The molecule has 1 aliphatic heterocycles. The molecule has 0 aromatic heterocycles. The van der Waals surface area contributed by atoms with E-state index < -0.39 is 23.8 Å². The molecule has 1 aromatic carbocycles. The van der Waals surface area contributed by atoms with E-state index in [4.69, 9.17) is 4.74 Å². The van der Waals surface area contributed by atoms with Gasteiger partial charge in [0.25, 0.3) is 0 Å². The number of aliphatic hydroxyl groups is 2. The van der Waals surface area contributed by atoms with Gasteiger partial charge >= 0.3 is 6.09 Å². The van der Waals surface area contributed by atoms with Crippen molar-refractivity contribution in [2.24, 2.45) is 0 Å². The number of aliphatic hydroxyl groups excluding tert-OH is 2. The van der Waals surface area contributed by atoms with E-state index in [2.05, 4.69) is 0 Å². The van der Waals surface area contributed by atoms with Crippen LogP contribution in [0, 0.1) is 0 Å². The molecule has 1 aliphatic rings. The molecular formula is C16H23NO4. The highest BCUT2D eigenvalue weighted by molar-refractivity contribution is 5.70. The molecule has 2 N–H and O–H groups in total. The average molecular weight is 293 g/mol. The Bertz CT molecular complexity index is 483. The molecule has 116 valence electrons. The van der Waals surface area contributed by atoms with Gasteiger partial charge in [-0.2, -0.15) is 0 Å². The molecular weight excluding hydrogens is 270 g/mol. The summed E-state index contributed by atoms with van der Waals surface area (Å²) in [6.45, 7) is 5.10. The monoisotopic (exact) mass is 293 g/mol. The lowest BCUT2D eigenvalue weighted by atomic mass is 10.0. The molecule has 5 heteroatoms. The van der Waals surface area contributed by atoms with E-state index in [1.807, 2.05) is 30.3 Å². The van der Waals surface area contributed by atoms with Crippen LogP contribution in [0.4, 0.5) is 4.79 Å². The minimum absolute atomic E-state index is 0.284. The Morgan fingerprint density at radius 2 is 1.95 bits per heavy atom. The zero-order chi connectivity index (χ0) is 15.6. The van der Waals surface area contributed by atoms with Crippen LogP contribution < -0.4 is 0 Å². The van der Waals surface area contributed by atoms with E-state index in [1.165, 1.54) is 4.90 Å². The van der Waals surface area contributed by atoms with Crippen molar-refractivity contribution in [2.45, 2.75) is 51.0 Å². The Labute approximate surface area is 125 Å². The second-order valence-electron chi connectivity index (χ2n) is 6.37. The predicted octanol–water partition coefficient (Wildman–Crippen LogP) is 2.09. The topological polar surface area (TPSA) is 70.0 Å². The number of carbonyl (C=O) groups excluding carboxylic acids is 1. The summed E-state index contributed by atoms with van der Waals surface area (Å²) >= 11 is 0. The van der Waals surface area contributed by atoms with E-state index in [9.17, 15) is 15.0 Å². The standard InChI is InChI=1S/C16H23NO4/c1-16(2,3)21-15(20)17-12(9-14(19)13(17)10-18)11-7-5-4-6-8-11/h4-8,12-14,18-19H,9-10H2,1-3H3. The van der Waals surface area contributed by atoms with Crippen LogP contribution in [-0.4, -0.2) is 45.6 Å². The van der Waals surface area contributed by atoms with E-state index in [0.717, 1.165) is 5.56 Å². The number of nitrogens with zero attached hydrogens (tertiary/aromatic N) is 1. The number of carbonyl (C=O) groups is 1. The predicted molar refractivity (Wildman–Crippen MR) is 78.8 cm³/mol. The molecule has 1 aromatic rings. The fourth-order valence-electron chi connectivity index (χ4n) is 2.67. The lowest BCUT2D eigenvalue weighted by molar-refractivity contribution is -0.000593. The average Bonchev–Trinajstić information content (AvgIpc) is 2.74. The molecule has 3 atom stereocenters. The van der Waals surface area contributed by atoms with E-state index >= 15 is 0 Å². The largest absolute Gasteiger partial charge is 0.444 e. The van der Waals surface area contributed by atoms with Crippen molar-refractivity contribution in [3.05, 3.63) is 35.9 Å². The summed E-state index contributed by atoms with van der Waals surface area (Å²) in [4.78, 5) is 13.9. The molecule has 0 spiro atoms. The van der Waals surface area contributed by atoms with Gasteiger partial charge < -0.3 is 14.9 Å². The van der Waals surface area contributed by atoms with E-state index in [1.54, 1.807) is 20.8 Å². The highest BCUT2D eigenvalue weighted by Crippen LogP contribution is 2.37. The molecule has 0 saturated carbocycles. The van der Waals surface area contributed by atoms with Crippen molar-refractivity contribution < 1.29 is 19.7 Å². The Kier molecular flexibility index (Phi) is 4.54. The second kappa shape index (κ2) is 6.03. The van der Waals surface area contributed by atoms with E-state index in [-0.39, 0.29) is 12.6 Å². The van der Waals surface area contributed by atoms with Crippen LogP contribution in [-0.2, 0) is 4.74 Å². The van der Waals surface area contributed by atoms with Crippen molar-refractivity contribution in [2.75, 3.05) is 6.61 Å². The number of likely N-dealkylation sites (tertiary alicyclic amines) is 1. The molecule has 1 fully saturated rings. The Morgan fingerprint density at radius 3 is 2.48 bits per heavy atom. The van der Waals surface area contributed by atoms with Gasteiger partial charge in [0, 0.05) is 6.42 Å². The Hall–Kier alpha value is -1.59. The summed E-state index contributed by atoms with van der Waals surface area (Å²) in [5.41, 5.74) is 0.310. The first-order chi connectivity index (χ1) is 9.83. The summed E-state index contributed by atoms with van der Waals surface area (Å²) in [7, 11) is 0. The molecule has 1 amide bonds. The number of rotatable bonds is 2. The Morgan fingerprint density at radius 1 is 1.33 bits per heavy atom. The Balaban J connectivity index is 2.29. The van der Waals surface area contributed by atoms with Crippen molar-refractivity contribution in [1.82, 2.24) is 4.90 Å². The van der Waals surface area contributed by atoms with Crippen LogP contribution >= 0.6 is 0 Å². The third-order valence-electron chi connectivity index (χ3n) is 3.58. The third-order valence-corrected chi connectivity index (χ3v) is 3.58. The molecule has 0 aliphatic carbocycles. The normalized spacial score (nSPS) is 26.0. The van der Waals surface area contributed by atoms with Crippen LogP contribution in [0.2, 0.25) is 0 Å². The first-order valence-corrected chi connectivity index (χ1v) is 7.18. The van der Waals surface area contributed by atoms with Gasteiger partial charge in [0.2, 0.25) is 0 Å². The van der Waals surface area contributed by atoms with Gasteiger partial charge in [0.1, 0.15) is 5.60 Å². The number of hydrogen-bond donors (Lipinski definition) is 2. The lowest BCUT2D eigenvalue weighted by Crippen LogP contribution is -2.45. The molecule has 2 rings (SSSR count). The fourth-order valence-corrected chi connectivity index (χ4v) is 2.67. The lowest BCUT2D eigenvalue weighted by Gasteiger charge is -2.32. The molecule has 1 saturated heterocycles. The number of benzene rings is 1. The summed E-state index contributed by atoms with van der Waals surface area (Å²) < 4.78 is 5.42. The smallest absolute Gasteiger partial charge is 0.411 e. The molecule has 0 bridgehead atoms. The van der Waals surface area contributed by atoms with Crippen LogP contribution in [0.15, 0.2) is 30.3 Å². The molecule has 3 unspecified atom stereocenters. The van der Waals surface area contributed by atoms with Gasteiger partial charge in [-0.05, 0) is 26.3 Å². The first-order valence-electron chi connectivity index (χ1n) is 7.18. The highest BCUT2D eigenvalue weighted by Gasteiger charge is 2.45. The SMILES string of the molecule is CC(C)(C)OC(=O)N1C(c2ccccc2)CC(O)C1CO. The number of amides is 1. The molecule has 5 nitrogen and oxygen atoms in total. The third kappa shape index (κ3) is 3.54. The minimum atomic E-state index is -0.757. The van der Waals surface area contributed by atoms with Gasteiger partial charge in [-0.1, -0.05) is 30.3 Å². The van der Waals surface area contributed by atoms with Crippen molar-refractivity contribution in [3.8, 4) is 0 Å². The van der Waals surface area contributed by atoms with Crippen molar-refractivity contribution >= 4 is 6.09 Å². The molecule has 1 heterocycles.